The molecule has 1 aromatic heterocycles. The summed E-state index contributed by atoms with van der Waals surface area (Å²) in [6, 6.07) is 6.60. The number of carbonyl (C=O) groups is 2. The van der Waals surface area contributed by atoms with Gasteiger partial charge in [0, 0.05) is 12.2 Å². The number of rotatable bonds is 3. The first kappa shape index (κ1) is 17.1. The minimum Gasteiger partial charge on any atom is -0.459 e. The molecule has 0 spiro atoms. The SMILES string of the molecule is O=C(Nc1ccc(C(F)(F)F)cc1)C1CCCN1C(=O)c1ccco1. The molecule has 2 heterocycles. The summed E-state index contributed by atoms with van der Waals surface area (Å²) >= 11 is 0. The number of likely N-dealkylation sites (tertiary alicyclic amines) is 1. The summed E-state index contributed by atoms with van der Waals surface area (Å²) in [5.74, 6) is -0.665. The fourth-order valence-electron chi connectivity index (χ4n) is 2.79. The number of nitrogens with one attached hydrogen (secondary N) is 1. The molecule has 1 fully saturated rings. The molecule has 1 aliphatic heterocycles. The van der Waals surface area contributed by atoms with Crippen LogP contribution in [0.25, 0.3) is 0 Å². The molecule has 1 saturated heterocycles. The first-order valence-corrected chi connectivity index (χ1v) is 7.69. The Labute approximate surface area is 141 Å². The average Bonchev–Trinajstić information content (AvgIpc) is 3.25. The summed E-state index contributed by atoms with van der Waals surface area (Å²) in [7, 11) is 0. The fraction of sp³-hybridized carbons (Fsp3) is 0.294. The van der Waals surface area contributed by atoms with E-state index in [1.54, 1.807) is 6.07 Å². The van der Waals surface area contributed by atoms with E-state index in [9.17, 15) is 22.8 Å². The van der Waals surface area contributed by atoms with Crippen LogP contribution in [-0.4, -0.2) is 29.3 Å². The smallest absolute Gasteiger partial charge is 0.416 e. The number of hydrogen-bond donors (Lipinski definition) is 1. The second kappa shape index (κ2) is 6.62. The lowest BCUT2D eigenvalue weighted by Gasteiger charge is -2.23. The minimum atomic E-state index is -4.43. The molecule has 0 aliphatic carbocycles. The summed E-state index contributed by atoms with van der Waals surface area (Å²) in [6.07, 6.45) is -1.91. The molecule has 5 nitrogen and oxygen atoms in total. The van der Waals surface area contributed by atoms with Gasteiger partial charge in [-0.05, 0) is 49.2 Å². The molecule has 1 N–H and O–H groups in total. The predicted molar refractivity (Wildman–Crippen MR) is 82.8 cm³/mol. The van der Waals surface area contributed by atoms with Gasteiger partial charge in [-0.2, -0.15) is 13.2 Å². The molecule has 0 bridgehead atoms. The molecule has 1 aliphatic rings. The van der Waals surface area contributed by atoms with E-state index in [4.69, 9.17) is 4.42 Å². The van der Waals surface area contributed by atoms with Crippen molar-refractivity contribution in [1.82, 2.24) is 4.90 Å². The Morgan fingerprint density at radius 1 is 1.16 bits per heavy atom. The van der Waals surface area contributed by atoms with E-state index in [0.717, 1.165) is 12.1 Å². The molecule has 0 saturated carbocycles. The Morgan fingerprint density at radius 3 is 2.48 bits per heavy atom. The highest BCUT2D eigenvalue weighted by atomic mass is 19.4. The van der Waals surface area contributed by atoms with E-state index in [1.807, 2.05) is 0 Å². The van der Waals surface area contributed by atoms with Crippen LogP contribution in [0.1, 0.15) is 29.0 Å². The Balaban J connectivity index is 1.69. The Hall–Kier alpha value is -2.77. The molecular weight excluding hydrogens is 337 g/mol. The topological polar surface area (TPSA) is 62.6 Å². The van der Waals surface area contributed by atoms with Gasteiger partial charge >= 0.3 is 6.18 Å². The summed E-state index contributed by atoms with van der Waals surface area (Å²) in [5, 5.41) is 2.56. The molecule has 25 heavy (non-hydrogen) atoms. The predicted octanol–water partition coefficient (Wildman–Crippen LogP) is 3.54. The van der Waals surface area contributed by atoms with E-state index in [2.05, 4.69) is 5.32 Å². The molecule has 1 unspecified atom stereocenters. The lowest BCUT2D eigenvalue weighted by Crippen LogP contribution is -2.43. The van der Waals surface area contributed by atoms with Crippen molar-refractivity contribution in [3.8, 4) is 0 Å². The minimum absolute atomic E-state index is 0.147. The van der Waals surface area contributed by atoms with Crippen LogP contribution in [-0.2, 0) is 11.0 Å². The molecule has 2 amide bonds. The number of carbonyl (C=O) groups excluding carboxylic acids is 2. The number of nitrogens with zero attached hydrogens (tertiary/aromatic N) is 1. The average molecular weight is 352 g/mol. The van der Waals surface area contributed by atoms with Gasteiger partial charge in [-0.3, -0.25) is 9.59 Å². The van der Waals surface area contributed by atoms with Gasteiger partial charge in [0.05, 0.1) is 11.8 Å². The quantitative estimate of drug-likeness (QED) is 0.919. The van der Waals surface area contributed by atoms with Crippen LogP contribution in [0.15, 0.2) is 47.1 Å². The normalized spacial score (nSPS) is 17.6. The number of anilines is 1. The maximum Gasteiger partial charge on any atom is 0.416 e. The zero-order valence-corrected chi connectivity index (χ0v) is 13.0. The van der Waals surface area contributed by atoms with Gasteiger partial charge in [-0.1, -0.05) is 0 Å². The van der Waals surface area contributed by atoms with Gasteiger partial charge in [-0.15, -0.1) is 0 Å². The molecular formula is C17H15F3N2O3. The van der Waals surface area contributed by atoms with Gasteiger partial charge in [0.25, 0.3) is 5.91 Å². The highest BCUT2D eigenvalue weighted by molar-refractivity contribution is 6.00. The van der Waals surface area contributed by atoms with Crippen molar-refractivity contribution in [3.63, 3.8) is 0 Å². The molecule has 1 atom stereocenters. The molecule has 8 heteroatoms. The van der Waals surface area contributed by atoms with Crippen LogP contribution in [0, 0.1) is 0 Å². The molecule has 0 radical (unpaired) electrons. The number of amides is 2. The highest BCUT2D eigenvalue weighted by Crippen LogP contribution is 2.30. The van der Waals surface area contributed by atoms with Crippen LogP contribution < -0.4 is 5.32 Å². The summed E-state index contributed by atoms with van der Waals surface area (Å²) in [4.78, 5) is 26.2. The Bertz CT molecular complexity index is 754. The van der Waals surface area contributed by atoms with Crippen molar-refractivity contribution in [2.75, 3.05) is 11.9 Å². The van der Waals surface area contributed by atoms with E-state index < -0.39 is 23.7 Å². The van der Waals surface area contributed by atoms with E-state index in [1.165, 1.54) is 29.4 Å². The van der Waals surface area contributed by atoms with Crippen LogP contribution in [0.3, 0.4) is 0 Å². The van der Waals surface area contributed by atoms with Crippen molar-refractivity contribution in [2.45, 2.75) is 25.1 Å². The van der Waals surface area contributed by atoms with Gasteiger partial charge in [0.2, 0.25) is 5.91 Å². The summed E-state index contributed by atoms with van der Waals surface area (Å²) in [6.45, 7) is 0.421. The zero-order valence-electron chi connectivity index (χ0n) is 13.0. The van der Waals surface area contributed by atoms with Crippen molar-refractivity contribution >= 4 is 17.5 Å². The van der Waals surface area contributed by atoms with Gasteiger partial charge in [0.1, 0.15) is 6.04 Å². The molecule has 132 valence electrons. The first-order chi connectivity index (χ1) is 11.9. The Morgan fingerprint density at radius 2 is 1.88 bits per heavy atom. The van der Waals surface area contributed by atoms with Crippen molar-refractivity contribution in [1.29, 1.82) is 0 Å². The lowest BCUT2D eigenvalue weighted by molar-refractivity contribution is -0.137. The summed E-state index contributed by atoms with van der Waals surface area (Å²) in [5.41, 5.74) is -0.545. The highest BCUT2D eigenvalue weighted by Gasteiger charge is 2.35. The van der Waals surface area contributed by atoms with E-state index in [0.29, 0.717) is 19.4 Å². The second-order valence-corrected chi connectivity index (χ2v) is 5.70. The van der Waals surface area contributed by atoms with Gasteiger partial charge in [0.15, 0.2) is 5.76 Å². The largest absolute Gasteiger partial charge is 0.459 e. The standard InChI is InChI=1S/C17H15F3N2O3/c18-17(19,20)11-5-7-12(8-6-11)21-15(23)13-3-1-9-22(13)16(24)14-4-2-10-25-14/h2,4-8,10,13H,1,3,9H2,(H,21,23). The van der Waals surface area contributed by atoms with Crippen LogP contribution >= 0.6 is 0 Å². The fourth-order valence-corrected chi connectivity index (χ4v) is 2.79. The van der Waals surface area contributed by atoms with Crippen molar-refractivity contribution < 1.29 is 27.2 Å². The zero-order chi connectivity index (χ0) is 18.0. The molecule has 2 aromatic rings. The van der Waals surface area contributed by atoms with Gasteiger partial charge in [-0.25, -0.2) is 0 Å². The number of hydrogen-bond acceptors (Lipinski definition) is 3. The maximum absolute atomic E-state index is 12.6. The maximum atomic E-state index is 12.6. The van der Waals surface area contributed by atoms with Crippen LogP contribution in [0.2, 0.25) is 0 Å². The third-order valence-electron chi connectivity index (χ3n) is 4.03. The Kier molecular flexibility index (Phi) is 4.52. The van der Waals surface area contributed by atoms with Gasteiger partial charge < -0.3 is 14.6 Å². The number of halogens is 3. The van der Waals surface area contributed by atoms with E-state index in [-0.39, 0.29) is 17.4 Å². The van der Waals surface area contributed by atoms with E-state index >= 15 is 0 Å². The monoisotopic (exact) mass is 352 g/mol. The second-order valence-electron chi connectivity index (χ2n) is 5.70. The number of alkyl halides is 3. The molecule has 1 aromatic carbocycles. The molecule has 3 rings (SSSR count). The van der Waals surface area contributed by atoms with Crippen molar-refractivity contribution in [3.05, 3.63) is 54.0 Å². The third-order valence-corrected chi connectivity index (χ3v) is 4.03. The number of furan rings is 1. The van der Waals surface area contributed by atoms with Crippen molar-refractivity contribution in [2.24, 2.45) is 0 Å². The van der Waals surface area contributed by atoms with Crippen LogP contribution in [0.5, 0.6) is 0 Å². The third kappa shape index (κ3) is 3.67. The lowest BCUT2D eigenvalue weighted by atomic mass is 10.1. The first-order valence-electron chi connectivity index (χ1n) is 7.69. The number of benzene rings is 1. The van der Waals surface area contributed by atoms with Crippen LogP contribution in [0.4, 0.5) is 18.9 Å². The summed E-state index contributed by atoms with van der Waals surface area (Å²) < 4.78 is 42.8.